The fraction of sp³-hybridized carbons (Fsp3) is 0.381. The van der Waals surface area contributed by atoms with Gasteiger partial charge in [-0.1, -0.05) is 18.2 Å². The summed E-state index contributed by atoms with van der Waals surface area (Å²) in [6.45, 7) is 1.15. The number of nitrogens with one attached hydrogen (secondary N) is 2. The molecule has 1 aromatic carbocycles. The van der Waals surface area contributed by atoms with Crippen LogP contribution in [-0.2, 0) is 4.74 Å². The zero-order valence-corrected chi connectivity index (χ0v) is 16.7. The van der Waals surface area contributed by atoms with Crippen LogP contribution in [0.15, 0.2) is 36.5 Å². The van der Waals surface area contributed by atoms with E-state index in [2.05, 4.69) is 25.5 Å². The molecule has 3 aromatic rings. The summed E-state index contributed by atoms with van der Waals surface area (Å²) < 4.78 is 62.4. The fourth-order valence-electron chi connectivity index (χ4n) is 4.37. The fourth-order valence-corrected chi connectivity index (χ4v) is 4.37. The van der Waals surface area contributed by atoms with E-state index in [0.29, 0.717) is 36.8 Å². The van der Waals surface area contributed by atoms with E-state index in [1.54, 1.807) is 28.9 Å². The van der Waals surface area contributed by atoms with Gasteiger partial charge < -0.3 is 10.1 Å². The highest BCUT2D eigenvalue weighted by Crippen LogP contribution is 2.46. The highest BCUT2D eigenvalue weighted by atomic mass is 19.4. The minimum Gasteiger partial charge on any atom is -0.431 e. The van der Waals surface area contributed by atoms with E-state index in [4.69, 9.17) is 0 Å². The van der Waals surface area contributed by atoms with Gasteiger partial charge in [0.15, 0.2) is 0 Å². The third-order valence-electron chi connectivity index (χ3n) is 5.81. The van der Waals surface area contributed by atoms with Gasteiger partial charge in [0, 0.05) is 17.1 Å². The summed E-state index contributed by atoms with van der Waals surface area (Å²) in [5.74, 6) is -0.234. The van der Waals surface area contributed by atoms with E-state index in [0.717, 1.165) is 0 Å². The van der Waals surface area contributed by atoms with Crippen LogP contribution in [0.4, 0.5) is 28.2 Å². The van der Waals surface area contributed by atoms with Crippen LogP contribution in [0, 0.1) is 0 Å². The Hall–Kier alpha value is -3.21. The van der Waals surface area contributed by atoms with Crippen LogP contribution in [0.2, 0.25) is 0 Å². The Morgan fingerprint density at radius 1 is 1.12 bits per heavy atom. The number of anilines is 1. The zero-order valence-electron chi connectivity index (χ0n) is 16.7. The molecule has 0 unspecified atom stereocenters. The zero-order chi connectivity index (χ0) is 22.5. The molecular weight excluding hydrogens is 430 g/mol. The minimum absolute atomic E-state index is 0.120. The van der Waals surface area contributed by atoms with Crippen molar-refractivity contribution in [3.05, 3.63) is 42.1 Å². The maximum absolute atomic E-state index is 14.9. The van der Waals surface area contributed by atoms with Gasteiger partial charge in [-0.3, -0.25) is 10.00 Å². The molecule has 168 valence electrons. The van der Waals surface area contributed by atoms with Gasteiger partial charge in [-0.25, -0.2) is 14.2 Å². The molecule has 0 saturated carbocycles. The largest absolute Gasteiger partial charge is 0.431 e. The van der Waals surface area contributed by atoms with Crippen LogP contribution in [0.25, 0.3) is 22.2 Å². The van der Waals surface area contributed by atoms with Crippen molar-refractivity contribution in [2.45, 2.75) is 37.3 Å². The molecule has 2 aromatic heterocycles. The van der Waals surface area contributed by atoms with Crippen LogP contribution in [0.3, 0.4) is 0 Å². The second kappa shape index (κ2) is 7.73. The van der Waals surface area contributed by atoms with E-state index >= 15 is 0 Å². The molecule has 7 nitrogen and oxygen atoms in total. The first kappa shape index (κ1) is 20.7. The predicted molar refractivity (Wildman–Crippen MR) is 108 cm³/mol. The normalized spacial score (nSPS) is 23.9. The van der Waals surface area contributed by atoms with Gasteiger partial charge in [-0.15, -0.1) is 0 Å². The van der Waals surface area contributed by atoms with Gasteiger partial charge in [0.05, 0.1) is 17.1 Å². The number of alkyl halides is 4. The maximum atomic E-state index is 14.9. The number of hydrogen-bond donors (Lipinski definition) is 2. The first-order chi connectivity index (χ1) is 15.3. The first-order valence-corrected chi connectivity index (χ1v) is 10.2. The summed E-state index contributed by atoms with van der Waals surface area (Å²) in [7, 11) is 0. The molecule has 1 saturated heterocycles. The van der Waals surface area contributed by atoms with E-state index in [1.165, 1.54) is 12.3 Å². The molecule has 4 heterocycles. The second-order valence-electron chi connectivity index (χ2n) is 7.79. The number of pyridine rings is 1. The lowest BCUT2D eigenvalue weighted by atomic mass is 9.97. The summed E-state index contributed by atoms with van der Waals surface area (Å²) in [4.78, 5) is 15.6. The number of para-hydroxylation sites is 1. The van der Waals surface area contributed by atoms with Gasteiger partial charge in [0.2, 0.25) is 6.10 Å². The summed E-state index contributed by atoms with van der Waals surface area (Å²) in [5, 5.41) is 10.6. The van der Waals surface area contributed by atoms with Crippen LogP contribution >= 0.6 is 0 Å². The van der Waals surface area contributed by atoms with Crippen molar-refractivity contribution in [1.82, 2.24) is 20.1 Å². The molecule has 3 atom stereocenters. The van der Waals surface area contributed by atoms with Crippen LogP contribution < -0.4 is 10.6 Å². The Morgan fingerprint density at radius 2 is 1.91 bits per heavy atom. The number of carbonyl (C=O) groups excluding carboxylic acids is 1. The highest BCUT2D eigenvalue weighted by molar-refractivity contribution is 5.97. The van der Waals surface area contributed by atoms with Gasteiger partial charge >= 0.3 is 12.3 Å². The number of halogens is 4. The number of fused-ring (bicyclic) bond motifs is 2. The number of amides is 1. The van der Waals surface area contributed by atoms with E-state index in [1.807, 2.05) is 0 Å². The van der Waals surface area contributed by atoms with Crippen molar-refractivity contribution in [3.8, 4) is 11.3 Å². The van der Waals surface area contributed by atoms with Gasteiger partial charge in [0.25, 0.3) is 0 Å². The Bertz CT molecular complexity index is 1180. The average Bonchev–Trinajstić information content (AvgIpc) is 3.00. The van der Waals surface area contributed by atoms with Gasteiger partial charge in [-0.2, -0.15) is 18.3 Å². The lowest BCUT2D eigenvalue weighted by molar-refractivity contribution is -0.206. The van der Waals surface area contributed by atoms with Crippen molar-refractivity contribution >= 4 is 22.8 Å². The summed E-state index contributed by atoms with van der Waals surface area (Å²) in [6.07, 6.45) is -7.62. The SMILES string of the molecule is O=C1Nc2nccc(-c3nn([C@@H]4CCNCC[C@H]4F)c4ccccc34)c2[C@H](C(F)(F)F)O1. The molecule has 0 bridgehead atoms. The number of ether oxygens (including phenoxy) is 1. The lowest BCUT2D eigenvalue weighted by Crippen LogP contribution is -2.34. The quantitative estimate of drug-likeness (QED) is 0.562. The molecule has 1 fully saturated rings. The summed E-state index contributed by atoms with van der Waals surface area (Å²) in [5.41, 5.74) is 0.661. The number of hydrogen-bond acceptors (Lipinski definition) is 5. The van der Waals surface area contributed by atoms with Crippen molar-refractivity contribution in [2.24, 2.45) is 0 Å². The Morgan fingerprint density at radius 3 is 2.72 bits per heavy atom. The third kappa shape index (κ3) is 3.46. The van der Waals surface area contributed by atoms with Crippen molar-refractivity contribution in [2.75, 3.05) is 18.4 Å². The van der Waals surface area contributed by atoms with Crippen molar-refractivity contribution in [1.29, 1.82) is 0 Å². The Balaban J connectivity index is 1.72. The van der Waals surface area contributed by atoms with Crippen molar-refractivity contribution in [3.63, 3.8) is 0 Å². The monoisotopic (exact) mass is 449 g/mol. The first-order valence-electron chi connectivity index (χ1n) is 10.2. The molecule has 2 N–H and O–H groups in total. The second-order valence-corrected chi connectivity index (χ2v) is 7.79. The smallest absolute Gasteiger partial charge is 0.430 e. The van der Waals surface area contributed by atoms with Crippen LogP contribution in [-0.4, -0.2) is 46.3 Å². The molecule has 0 radical (unpaired) electrons. The maximum Gasteiger partial charge on any atom is 0.430 e. The summed E-state index contributed by atoms with van der Waals surface area (Å²) in [6, 6.07) is 7.86. The molecule has 11 heteroatoms. The molecule has 2 aliphatic heterocycles. The molecule has 5 rings (SSSR count). The minimum atomic E-state index is -4.85. The molecular formula is C21H19F4N5O2. The number of carbonyl (C=O) groups is 1. The summed E-state index contributed by atoms with van der Waals surface area (Å²) >= 11 is 0. The number of nitrogens with zero attached hydrogens (tertiary/aromatic N) is 3. The third-order valence-corrected chi connectivity index (χ3v) is 5.81. The molecule has 1 amide bonds. The van der Waals surface area contributed by atoms with Crippen molar-refractivity contribution < 1.29 is 27.1 Å². The Kier molecular flexibility index (Phi) is 5.00. The average molecular weight is 449 g/mol. The highest BCUT2D eigenvalue weighted by Gasteiger charge is 2.49. The number of cyclic esters (lactones) is 1. The van der Waals surface area contributed by atoms with E-state index in [-0.39, 0.29) is 22.6 Å². The number of rotatable bonds is 2. The molecule has 0 spiro atoms. The standard InChI is InChI=1S/C21H19F4N5O2/c22-13-6-8-26-9-7-15(13)30-14-4-2-1-3-11(14)17(29-30)12-5-10-27-19-16(12)18(21(23,24)25)32-20(31)28-19/h1-5,10,13,15,18,26H,6-9H2,(H,27,28,31)/t13-,15-,18-/m1/s1. The topological polar surface area (TPSA) is 81.1 Å². The number of benzene rings is 1. The van der Waals surface area contributed by atoms with Gasteiger partial charge in [0.1, 0.15) is 17.7 Å². The Labute approximate surface area is 179 Å². The van der Waals surface area contributed by atoms with Gasteiger partial charge in [-0.05, 0) is 38.1 Å². The van der Waals surface area contributed by atoms with Crippen LogP contribution in [0.1, 0.15) is 30.6 Å². The number of aromatic nitrogens is 3. The molecule has 2 aliphatic rings. The molecule has 0 aliphatic carbocycles. The predicted octanol–water partition coefficient (Wildman–Crippen LogP) is 4.53. The lowest BCUT2D eigenvalue weighted by Gasteiger charge is -2.28. The molecule has 32 heavy (non-hydrogen) atoms. The van der Waals surface area contributed by atoms with Crippen LogP contribution in [0.5, 0.6) is 0 Å². The van der Waals surface area contributed by atoms with E-state index < -0.39 is 30.6 Å². The van der Waals surface area contributed by atoms with E-state index in [9.17, 15) is 22.4 Å².